The number of halogens is 1. The lowest BCUT2D eigenvalue weighted by atomic mass is 10.1. The summed E-state index contributed by atoms with van der Waals surface area (Å²) in [7, 11) is 0. The summed E-state index contributed by atoms with van der Waals surface area (Å²) in [6, 6.07) is 10.8. The molecular formula is C24H25FN2O7. The van der Waals surface area contributed by atoms with Gasteiger partial charge < -0.3 is 29.0 Å². The monoisotopic (exact) mass is 472 g/mol. The number of hydrogen-bond acceptors (Lipinski definition) is 7. The molecule has 34 heavy (non-hydrogen) atoms. The largest absolute Gasteiger partial charge is 0.486 e. The van der Waals surface area contributed by atoms with E-state index in [1.165, 1.54) is 6.07 Å². The Bertz CT molecular complexity index is 1160. The fourth-order valence-corrected chi connectivity index (χ4v) is 4.05. The van der Waals surface area contributed by atoms with Crippen molar-refractivity contribution >= 4 is 28.6 Å². The summed E-state index contributed by atoms with van der Waals surface area (Å²) in [6.45, 7) is 6.00. The Hall–Kier alpha value is -3.79. The van der Waals surface area contributed by atoms with Crippen LogP contribution in [0.2, 0.25) is 0 Å². The summed E-state index contributed by atoms with van der Waals surface area (Å²) in [5.41, 5.74) is 2.94. The van der Waals surface area contributed by atoms with Gasteiger partial charge in [0.1, 0.15) is 24.6 Å². The SMILES string of the molecule is Fc1ccc2occ(CCN3CCN(c4cccc5c4OCCO5)CC3)c2c1.O=C(O)C(=O)O. The number of nitrogens with zero attached hydrogens (tertiary/aromatic N) is 2. The van der Waals surface area contributed by atoms with Gasteiger partial charge in [0.2, 0.25) is 0 Å². The zero-order chi connectivity index (χ0) is 24.1. The van der Waals surface area contributed by atoms with E-state index in [9.17, 15) is 4.39 Å². The third kappa shape index (κ3) is 5.40. The van der Waals surface area contributed by atoms with Crippen LogP contribution in [0.3, 0.4) is 0 Å². The van der Waals surface area contributed by atoms with Crippen LogP contribution < -0.4 is 14.4 Å². The number of carboxylic acids is 2. The summed E-state index contributed by atoms with van der Waals surface area (Å²) >= 11 is 0. The molecule has 1 aromatic heterocycles. The predicted molar refractivity (Wildman–Crippen MR) is 121 cm³/mol. The first-order valence-corrected chi connectivity index (χ1v) is 10.9. The number of carboxylic acid groups (broad SMARTS) is 2. The zero-order valence-electron chi connectivity index (χ0n) is 18.4. The van der Waals surface area contributed by atoms with Gasteiger partial charge in [-0.15, -0.1) is 0 Å². The number of hydrogen-bond donors (Lipinski definition) is 2. The Balaban J connectivity index is 0.000000408. The second-order valence-corrected chi connectivity index (χ2v) is 7.89. The molecule has 2 aliphatic heterocycles. The lowest BCUT2D eigenvalue weighted by Gasteiger charge is -2.37. The molecule has 0 unspecified atom stereocenters. The van der Waals surface area contributed by atoms with Crippen molar-refractivity contribution < 1.29 is 38.1 Å². The van der Waals surface area contributed by atoms with Crippen LogP contribution in [0.1, 0.15) is 5.56 Å². The molecule has 0 atom stereocenters. The van der Waals surface area contributed by atoms with Crippen molar-refractivity contribution in [3.63, 3.8) is 0 Å². The summed E-state index contributed by atoms with van der Waals surface area (Å²) in [5.74, 6) is -2.16. The second-order valence-electron chi connectivity index (χ2n) is 7.89. The zero-order valence-corrected chi connectivity index (χ0v) is 18.4. The van der Waals surface area contributed by atoms with Gasteiger partial charge in [-0.2, -0.15) is 0 Å². The molecule has 3 aromatic rings. The molecule has 1 saturated heterocycles. The number of rotatable bonds is 4. The van der Waals surface area contributed by atoms with Gasteiger partial charge in [0.15, 0.2) is 11.5 Å². The highest BCUT2D eigenvalue weighted by Crippen LogP contribution is 2.39. The maximum atomic E-state index is 13.5. The molecule has 0 saturated carbocycles. The third-order valence-electron chi connectivity index (χ3n) is 5.75. The van der Waals surface area contributed by atoms with Crippen LogP contribution in [-0.4, -0.2) is 73.0 Å². The van der Waals surface area contributed by atoms with Crippen molar-refractivity contribution in [1.29, 1.82) is 0 Å². The Kier molecular flexibility index (Phi) is 7.17. The van der Waals surface area contributed by atoms with E-state index in [1.54, 1.807) is 18.4 Å². The summed E-state index contributed by atoms with van der Waals surface area (Å²) in [5, 5.41) is 15.7. The van der Waals surface area contributed by atoms with E-state index >= 15 is 0 Å². The van der Waals surface area contributed by atoms with Gasteiger partial charge in [-0.25, -0.2) is 14.0 Å². The molecule has 0 amide bonds. The van der Waals surface area contributed by atoms with Crippen molar-refractivity contribution in [3.05, 3.63) is 54.0 Å². The highest BCUT2D eigenvalue weighted by atomic mass is 19.1. The molecular weight excluding hydrogens is 447 g/mol. The van der Waals surface area contributed by atoms with Gasteiger partial charge in [-0.05, 0) is 42.3 Å². The molecule has 0 bridgehead atoms. The number of anilines is 1. The summed E-state index contributed by atoms with van der Waals surface area (Å²) in [6.07, 6.45) is 2.61. The molecule has 9 nitrogen and oxygen atoms in total. The Morgan fingerprint density at radius 2 is 1.71 bits per heavy atom. The number of piperazine rings is 1. The molecule has 3 heterocycles. The molecule has 0 aliphatic carbocycles. The molecule has 1 fully saturated rings. The average Bonchev–Trinajstić information content (AvgIpc) is 3.25. The van der Waals surface area contributed by atoms with Gasteiger partial charge in [0.25, 0.3) is 0 Å². The average molecular weight is 472 g/mol. The van der Waals surface area contributed by atoms with Crippen molar-refractivity contribution in [2.45, 2.75) is 6.42 Å². The van der Waals surface area contributed by atoms with Gasteiger partial charge >= 0.3 is 11.9 Å². The lowest BCUT2D eigenvalue weighted by Crippen LogP contribution is -2.47. The van der Waals surface area contributed by atoms with Crippen LogP contribution in [0.5, 0.6) is 11.5 Å². The highest BCUT2D eigenvalue weighted by Gasteiger charge is 2.23. The first-order chi connectivity index (χ1) is 16.4. The van der Waals surface area contributed by atoms with E-state index < -0.39 is 11.9 Å². The first kappa shape index (κ1) is 23.4. The Labute approximate surface area is 194 Å². The third-order valence-corrected chi connectivity index (χ3v) is 5.75. The molecule has 0 radical (unpaired) electrons. The van der Waals surface area contributed by atoms with Crippen molar-refractivity contribution in [2.75, 3.05) is 50.8 Å². The van der Waals surface area contributed by atoms with Gasteiger partial charge in [0, 0.05) is 38.1 Å². The molecule has 2 aromatic carbocycles. The van der Waals surface area contributed by atoms with E-state index in [1.807, 2.05) is 12.1 Å². The van der Waals surface area contributed by atoms with Crippen LogP contribution in [0.4, 0.5) is 10.1 Å². The number of fused-ring (bicyclic) bond motifs is 2. The fraction of sp³-hybridized carbons (Fsp3) is 0.333. The fourth-order valence-electron chi connectivity index (χ4n) is 4.05. The minimum atomic E-state index is -1.82. The van der Waals surface area contributed by atoms with E-state index in [-0.39, 0.29) is 5.82 Å². The van der Waals surface area contributed by atoms with E-state index in [0.717, 1.165) is 72.9 Å². The minimum absolute atomic E-state index is 0.221. The number of ether oxygens (including phenoxy) is 2. The van der Waals surface area contributed by atoms with Crippen molar-refractivity contribution in [3.8, 4) is 11.5 Å². The van der Waals surface area contributed by atoms with Crippen LogP contribution >= 0.6 is 0 Å². The summed E-state index contributed by atoms with van der Waals surface area (Å²) in [4.78, 5) is 23.0. The van der Waals surface area contributed by atoms with Gasteiger partial charge in [-0.3, -0.25) is 4.90 Å². The van der Waals surface area contributed by atoms with Crippen LogP contribution in [0.15, 0.2) is 47.1 Å². The number of para-hydroxylation sites is 1. The number of carbonyl (C=O) groups is 2. The molecule has 2 N–H and O–H groups in total. The van der Waals surface area contributed by atoms with Crippen molar-refractivity contribution in [2.24, 2.45) is 0 Å². The second kappa shape index (κ2) is 10.4. The lowest BCUT2D eigenvalue weighted by molar-refractivity contribution is -0.159. The predicted octanol–water partition coefficient (Wildman–Crippen LogP) is 2.86. The van der Waals surface area contributed by atoms with Gasteiger partial charge in [0.05, 0.1) is 12.0 Å². The first-order valence-electron chi connectivity index (χ1n) is 10.9. The number of aliphatic carboxylic acids is 2. The van der Waals surface area contributed by atoms with E-state index in [4.69, 9.17) is 33.7 Å². The van der Waals surface area contributed by atoms with Crippen LogP contribution in [0.25, 0.3) is 11.0 Å². The van der Waals surface area contributed by atoms with E-state index in [2.05, 4.69) is 15.9 Å². The minimum Gasteiger partial charge on any atom is -0.486 e. The molecule has 180 valence electrons. The molecule has 5 rings (SSSR count). The van der Waals surface area contributed by atoms with Crippen molar-refractivity contribution in [1.82, 2.24) is 4.90 Å². The molecule has 10 heteroatoms. The highest BCUT2D eigenvalue weighted by molar-refractivity contribution is 6.27. The van der Waals surface area contributed by atoms with Gasteiger partial charge in [-0.1, -0.05) is 6.07 Å². The Morgan fingerprint density at radius 1 is 0.971 bits per heavy atom. The maximum Gasteiger partial charge on any atom is 0.414 e. The standard InChI is InChI=1S/C22H23FN2O3.C2H2O4/c23-17-4-5-20-18(14-17)16(15-28-20)6-7-24-8-10-25(11-9-24)19-2-1-3-21-22(19)27-13-12-26-21;3-1(4)2(5)6/h1-5,14-15H,6-13H2;(H,3,4)(H,5,6). The normalized spacial score (nSPS) is 15.5. The molecule has 2 aliphatic rings. The number of benzene rings is 2. The Morgan fingerprint density at radius 3 is 2.44 bits per heavy atom. The topological polar surface area (TPSA) is 113 Å². The van der Waals surface area contributed by atoms with Crippen LogP contribution in [-0.2, 0) is 16.0 Å². The van der Waals surface area contributed by atoms with Crippen LogP contribution in [0, 0.1) is 5.82 Å². The molecule has 0 spiro atoms. The quantitative estimate of drug-likeness (QED) is 0.554. The smallest absolute Gasteiger partial charge is 0.414 e. The van der Waals surface area contributed by atoms with E-state index in [0.29, 0.717) is 13.2 Å². The summed E-state index contributed by atoms with van der Waals surface area (Å²) < 4.78 is 30.7. The number of furan rings is 1. The maximum absolute atomic E-state index is 13.5.